The van der Waals surface area contributed by atoms with E-state index in [9.17, 15) is 5.11 Å². The Hall–Kier alpha value is -0.990. The van der Waals surface area contributed by atoms with Crippen LogP contribution in [0.5, 0.6) is 5.75 Å². The van der Waals surface area contributed by atoms with Gasteiger partial charge in [0.1, 0.15) is 5.75 Å². The molecule has 0 aliphatic heterocycles. The van der Waals surface area contributed by atoms with Crippen molar-refractivity contribution in [3.8, 4) is 5.75 Å². The second-order valence-corrected chi connectivity index (χ2v) is 4.21. The average Bonchev–Trinajstić information content (AvgIpc) is 2.20. The number of hydrogen-bond donors (Lipinski definition) is 1. The quantitative estimate of drug-likeness (QED) is 0.760. The molecule has 15 heavy (non-hydrogen) atoms. The summed E-state index contributed by atoms with van der Waals surface area (Å²) in [7, 11) is 0. The van der Waals surface area contributed by atoms with Gasteiger partial charge in [0.15, 0.2) is 0 Å². The van der Waals surface area contributed by atoms with Crippen LogP contribution in [-0.2, 0) is 0 Å². The highest BCUT2D eigenvalue weighted by Crippen LogP contribution is 2.37. The summed E-state index contributed by atoms with van der Waals surface area (Å²) in [5.74, 6) is 0.157. The summed E-state index contributed by atoms with van der Waals surface area (Å²) < 4.78 is 0. The molecule has 1 aromatic heterocycles. The molecular formula is C11H9Cl2NO. The Bertz CT molecular complexity index is 552. The third kappa shape index (κ3) is 1.54. The van der Waals surface area contributed by atoms with Crippen LogP contribution < -0.4 is 0 Å². The summed E-state index contributed by atoms with van der Waals surface area (Å²) in [5.41, 5.74) is 2.18. The predicted octanol–water partition coefficient (Wildman–Crippen LogP) is 3.86. The third-order valence-corrected chi connectivity index (χ3v) is 3.30. The number of aromatic nitrogens is 1. The lowest BCUT2D eigenvalue weighted by molar-refractivity contribution is 0.476. The molecule has 0 aliphatic carbocycles. The van der Waals surface area contributed by atoms with Gasteiger partial charge in [0.05, 0.1) is 20.9 Å². The average molecular weight is 242 g/mol. The van der Waals surface area contributed by atoms with E-state index in [1.165, 1.54) is 0 Å². The topological polar surface area (TPSA) is 33.1 Å². The lowest BCUT2D eigenvalue weighted by Gasteiger charge is -2.09. The molecule has 0 spiro atoms. The van der Waals surface area contributed by atoms with Gasteiger partial charge in [-0.05, 0) is 26.0 Å². The van der Waals surface area contributed by atoms with Gasteiger partial charge in [-0.2, -0.15) is 0 Å². The minimum Gasteiger partial charge on any atom is -0.507 e. The van der Waals surface area contributed by atoms with E-state index in [0.717, 1.165) is 11.3 Å². The predicted molar refractivity (Wildman–Crippen MR) is 62.9 cm³/mol. The van der Waals surface area contributed by atoms with Crippen LogP contribution in [0.15, 0.2) is 12.1 Å². The molecule has 0 aliphatic rings. The molecule has 0 unspecified atom stereocenters. The van der Waals surface area contributed by atoms with Crippen molar-refractivity contribution in [1.82, 2.24) is 4.98 Å². The van der Waals surface area contributed by atoms with E-state index < -0.39 is 0 Å². The monoisotopic (exact) mass is 241 g/mol. The lowest BCUT2D eigenvalue weighted by atomic mass is 10.1. The Labute approximate surface area is 97.5 Å². The van der Waals surface area contributed by atoms with E-state index in [1.807, 2.05) is 6.92 Å². The molecule has 2 aromatic rings. The fourth-order valence-electron chi connectivity index (χ4n) is 1.48. The molecule has 0 saturated carbocycles. The zero-order valence-corrected chi connectivity index (χ0v) is 9.82. The van der Waals surface area contributed by atoms with Crippen LogP contribution in [0.3, 0.4) is 0 Å². The van der Waals surface area contributed by atoms with Crippen molar-refractivity contribution in [3.63, 3.8) is 0 Å². The maximum absolute atomic E-state index is 9.96. The van der Waals surface area contributed by atoms with Gasteiger partial charge >= 0.3 is 0 Å². The molecule has 0 bridgehead atoms. The molecule has 0 fully saturated rings. The van der Waals surface area contributed by atoms with Crippen LogP contribution in [0, 0.1) is 13.8 Å². The van der Waals surface area contributed by atoms with Gasteiger partial charge in [-0.1, -0.05) is 23.2 Å². The number of nitrogens with zero attached hydrogens (tertiary/aromatic N) is 1. The molecule has 78 valence electrons. The molecule has 2 nitrogen and oxygen atoms in total. The first kappa shape index (κ1) is 10.5. The van der Waals surface area contributed by atoms with Crippen LogP contribution >= 0.6 is 23.2 Å². The lowest BCUT2D eigenvalue weighted by Crippen LogP contribution is -1.90. The van der Waals surface area contributed by atoms with Crippen molar-refractivity contribution in [2.24, 2.45) is 0 Å². The summed E-state index contributed by atoms with van der Waals surface area (Å²) in [6.45, 7) is 3.64. The first-order valence-electron chi connectivity index (χ1n) is 4.46. The Morgan fingerprint density at radius 2 is 1.87 bits per heavy atom. The standard InChI is InChI=1S/C11H9Cl2NO/c1-5-6(2)14-8-4-3-7(12)10(13)9(8)11(5)15/h3-4H,1-2H3,(H,14,15). The first-order valence-corrected chi connectivity index (χ1v) is 5.22. The number of fused-ring (bicyclic) bond motifs is 1. The molecule has 4 heteroatoms. The summed E-state index contributed by atoms with van der Waals surface area (Å²) in [4.78, 5) is 4.33. The van der Waals surface area contributed by atoms with E-state index in [4.69, 9.17) is 23.2 Å². The highest BCUT2D eigenvalue weighted by Gasteiger charge is 2.13. The van der Waals surface area contributed by atoms with Gasteiger partial charge in [-0.3, -0.25) is 4.98 Å². The van der Waals surface area contributed by atoms with Crippen molar-refractivity contribution in [2.45, 2.75) is 13.8 Å². The normalized spacial score (nSPS) is 10.9. The smallest absolute Gasteiger partial charge is 0.131 e. The number of rotatable bonds is 0. The fourth-order valence-corrected chi connectivity index (χ4v) is 1.89. The van der Waals surface area contributed by atoms with E-state index >= 15 is 0 Å². The number of benzene rings is 1. The molecule has 2 rings (SSSR count). The maximum Gasteiger partial charge on any atom is 0.131 e. The Morgan fingerprint density at radius 1 is 1.20 bits per heavy atom. The van der Waals surface area contributed by atoms with Crippen molar-refractivity contribution < 1.29 is 5.11 Å². The maximum atomic E-state index is 9.96. The minimum absolute atomic E-state index is 0.157. The fraction of sp³-hybridized carbons (Fsp3) is 0.182. The zero-order chi connectivity index (χ0) is 11.2. The van der Waals surface area contributed by atoms with Crippen molar-refractivity contribution >= 4 is 34.1 Å². The first-order chi connectivity index (χ1) is 7.02. The second-order valence-electron chi connectivity index (χ2n) is 3.43. The van der Waals surface area contributed by atoms with Crippen molar-refractivity contribution in [3.05, 3.63) is 33.4 Å². The van der Waals surface area contributed by atoms with E-state index in [0.29, 0.717) is 20.9 Å². The van der Waals surface area contributed by atoms with Gasteiger partial charge in [0.2, 0.25) is 0 Å². The van der Waals surface area contributed by atoms with Crippen LogP contribution in [-0.4, -0.2) is 10.1 Å². The van der Waals surface area contributed by atoms with Crippen LogP contribution in [0.2, 0.25) is 10.0 Å². The molecule has 0 amide bonds. The Morgan fingerprint density at radius 3 is 2.53 bits per heavy atom. The van der Waals surface area contributed by atoms with Gasteiger partial charge in [-0.25, -0.2) is 0 Å². The highest BCUT2D eigenvalue weighted by molar-refractivity contribution is 6.45. The van der Waals surface area contributed by atoms with Gasteiger partial charge in [-0.15, -0.1) is 0 Å². The van der Waals surface area contributed by atoms with E-state index in [-0.39, 0.29) is 5.75 Å². The van der Waals surface area contributed by atoms with Crippen molar-refractivity contribution in [1.29, 1.82) is 0 Å². The molecular weight excluding hydrogens is 233 g/mol. The van der Waals surface area contributed by atoms with E-state index in [2.05, 4.69) is 4.98 Å². The Balaban J connectivity index is 3.00. The number of pyridine rings is 1. The molecule has 0 radical (unpaired) electrons. The zero-order valence-electron chi connectivity index (χ0n) is 8.31. The SMILES string of the molecule is Cc1nc2ccc(Cl)c(Cl)c2c(O)c1C. The summed E-state index contributed by atoms with van der Waals surface area (Å²) in [6, 6.07) is 3.42. The Kier molecular flexibility index (Phi) is 2.49. The van der Waals surface area contributed by atoms with Gasteiger partial charge in [0, 0.05) is 11.3 Å². The highest BCUT2D eigenvalue weighted by atomic mass is 35.5. The minimum atomic E-state index is 0.157. The molecule has 1 N–H and O–H groups in total. The molecule has 1 aromatic carbocycles. The number of aromatic hydroxyl groups is 1. The largest absolute Gasteiger partial charge is 0.507 e. The number of halogens is 2. The summed E-state index contributed by atoms with van der Waals surface area (Å²) in [5, 5.41) is 11.3. The van der Waals surface area contributed by atoms with Crippen LogP contribution in [0.25, 0.3) is 10.9 Å². The molecule has 1 heterocycles. The third-order valence-electron chi connectivity index (χ3n) is 2.50. The summed E-state index contributed by atoms with van der Waals surface area (Å²) in [6.07, 6.45) is 0. The second kappa shape index (κ2) is 3.54. The number of hydrogen-bond acceptors (Lipinski definition) is 2. The van der Waals surface area contributed by atoms with Crippen LogP contribution in [0.1, 0.15) is 11.3 Å². The molecule has 0 saturated heterocycles. The van der Waals surface area contributed by atoms with Gasteiger partial charge < -0.3 is 5.11 Å². The molecule has 0 atom stereocenters. The van der Waals surface area contributed by atoms with Crippen LogP contribution in [0.4, 0.5) is 0 Å². The summed E-state index contributed by atoms with van der Waals surface area (Å²) >= 11 is 11.9. The van der Waals surface area contributed by atoms with Gasteiger partial charge in [0.25, 0.3) is 0 Å². The van der Waals surface area contributed by atoms with E-state index in [1.54, 1.807) is 19.1 Å². The van der Waals surface area contributed by atoms with Crippen molar-refractivity contribution in [2.75, 3.05) is 0 Å². The number of aryl methyl sites for hydroxylation is 1.